The second-order valence-electron chi connectivity index (χ2n) is 7.86. The lowest BCUT2D eigenvalue weighted by Gasteiger charge is -2.35. The van der Waals surface area contributed by atoms with Gasteiger partial charge in [-0.1, -0.05) is 36.0 Å². The van der Waals surface area contributed by atoms with Crippen LogP contribution in [0.3, 0.4) is 0 Å². The summed E-state index contributed by atoms with van der Waals surface area (Å²) in [6, 6.07) is 16.3. The van der Waals surface area contributed by atoms with Gasteiger partial charge in [0, 0.05) is 23.2 Å². The Labute approximate surface area is 197 Å². The molecule has 0 amide bonds. The number of anilines is 1. The molecule has 1 atom stereocenters. The molecule has 2 heterocycles. The number of ether oxygens (including phenoxy) is 1. The summed E-state index contributed by atoms with van der Waals surface area (Å²) in [6.45, 7) is 3.31. The predicted molar refractivity (Wildman–Crippen MR) is 120 cm³/mol. The maximum Gasteiger partial charge on any atom is 0.491 e. The van der Waals surface area contributed by atoms with Crippen LogP contribution in [-0.4, -0.2) is 46.1 Å². The summed E-state index contributed by atoms with van der Waals surface area (Å²) in [6.07, 6.45) is -1.62. The van der Waals surface area contributed by atoms with E-state index in [4.69, 9.17) is 0 Å². The number of hydrogen-bond donors (Lipinski definition) is 1. The molecule has 1 aromatic heterocycles. The number of nitrogens with zero attached hydrogens (tertiary/aromatic N) is 3. The molecule has 11 heteroatoms. The third-order valence-corrected chi connectivity index (χ3v) is 6.52. The molecule has 1 aliphatic rings. The van der Waals surface area contributed by atoms with Crippen molar-refractivity contribution in [2.75, 3.05) is 11.4 Å². The van der Waals surface area contributed by atoms with Gasteiger partial charge in [0.25, 0.3) is 0 Å². The van der Waals surface area contributed by atoms with Crippen LogP contribution in [0.25, 0.3) is 11.1 Å². The largest absolute Gasteiger partial charge is 0.491 e. The highest BCUT2D eigenvalue weighted by atomic mass is 32.2. The summed E-state index contributed by atoms with van der Waals surface area (Å²) >= 11 is 1.00. The van der Waals surface area contributed by atoms with Crippen molar-refractivity contribution < 1.29 is 27.5 Å². The molecular formula is C23H21F3N4O3S. The Morgan fingerprint density at radius 1 is 1.03 bits per heavy atom. The average molecular weight is 491 g/mol. The number of aromatic amines is 1. The highest BCUT2D eigenvalue weighted by Crippen LogP contribution is 2.32. The Hall–Kier alpha value is -3.34. The molecule has 1 N–H and O–H groups in total. The zero-order valence-corrected chi connectivity index (χ0v) is 18.9. The lowest BCUT2D eigenvalue weighted by Crippen LogP contribution is -2.37. The number of alkyl halides is 3. The maximum atomic E-state index is 12.3. The van der Waals surface area contributed by atoms with Crippen molar-refractivity contribution in [3.8, 4) is 11.1 Å². The van der Waals surface area contributed by atoms with E-state index in [1.807, 2.05) is 12.1 Å². The second-order valence-corrected chi connectivity index (χ2v) is 8.93. The zero-order chi connectivity index (χ0) is 24.3. The number of aromatic nitrogens is 3. The number of carbonyl (C=O) groups excluding carboxylic acids is 2. The van der Waals surface area contributed by atoms with Crippen LogP contribution in [0, 0.1) is 0 Å². The van der Waals surface area contributed by atoms with E-state index in [0.29, 0.717) is 10.9 Å². The highest BCUT2D eigenvalue weighted by Gasteiger charge is 2.43. The van der Waals surface area contributed by atoms with Gasteiger partial charge < -0.3 is 9.64 Å². The molecule has 0 aliphatic carbocycles. The van der Waals surface area contributed by atoms with E-state index in [1.165, 1.54) is 24.9 Å². The highest BCUT2D eigenvalue weighted by molar-refractivity contribution is 7.99. The molecule has 7 nitrogen and oxygen atoms in total. The Morgan fingerprint density at radius 2 is 1.68 bits per heavy atom. The molecule has 1 saturated heterocycles. The van der Waals surface area contributed by atoms with Crippen molar-refractivity contribution >= 4 is 29.4 Å². The lowest BCUT2D eigenvalue weighted by molar-refractivity contribution is -0.193. The van der Waals surface area contributed by atoms with Crippen molar-refractivity contribution in [2.45, 2.75) is 48.3 Å². The summed E-state index contributed by atoms with van der Waals surface area (Å²) in [5, 5.41) is 9.44. The van der Waals surface area contributed by atoms with Crippen LogP contribution in [0.5, 0.6) is 0 Å². The van der Waals surface area contributed by atoms with Crippen LogP contribution in [-0.2, 0) is 9.53 Å². The SMILES string of the molecule is CC1CCCCN1c1ccc(-c2ccc(Sc3n[nH]nc3C(=O)OC(=O)C(F)(F)F)cc2)cc1. The smallest absolute Gasteiger partial charge is 0.381 e. The van der Waals surface area contributed by atoms with Crippen LogP contribution in [0.2, 0.25) is 0 Å². The standard InChI is InChI=1S/C23H21F3N4O3S/c1-14-4-2-3-13-30(14)17-9-5-15(6-10-17)16-7-11-18(12-8-16)34-20-19(27-29-28-20)21(31)33-22(32)23(24,25)26/h5-12,14H,2-4,13H2,1H3,(H,27,28,29). The quantitative estimate of drug-likeness (QED) is 0.386. The minimum atomic E-state index is -5.28. The molecule has 3 aromatic rings. The van der Waals surface area contributed by atoms with Gasteiger partial charge in [0.1, 0.15) is 0 Å². The number of benzene rings is 2. The Kier molecular flexibility index (Phi) is 6.92. The molecule has 4 rings (SSSR count). The fourth-order valence-electron chi connectivity index (χ4n) is 3.77. The van der Waals surface area contributed by atoms with Gasteiger partial charge in [-0.25, -0.2) is 9.59 Å². The van der Waals surface area contributed by atoms with Gasteiger partial charge in [-0.05, 0) is 61.6 Å². The van der Waals surface area contributed by atoms with Crippen LogP contribution < -0.4 is 4.90 Å². The van der Waals surface area contributed by atoms with Gasteiger partial charge in [-0.3, -0.25) is 0 Å². The molecular weight excluding hydrogens is 469 g/mol. The number of H-pyrrole nitrogens is 1. The van der Waals surface area contributed by atoms with Crippen molar-refractivity contribution in [3.05, 3.63) is 54.2 Å². The Balaban J connectivity index is 1.43. The third kappa shape index (κ3) is 5.41. The number of hydrogen-bond acceptors (Lipinski definition) is 7. The first-order chi connectivity index (χ1) is 16.2. The molecule has 0 radical (unpaired) electrons. The fourth-order valence-corrected chi connectivity index (χ4v) is 4.58. The maximum absolute atomic E-state index is 12.3. The van der Waals surface area contributed by atoms with E-state index >= 15 is 0 Å². The average Bonchev–Trinajstić information content (AvgIpc) is 3.28. The van der Waals surface area contributed by atoms with Crippen LogP contribution in [0.15, 0.2) is 58.5 Å². The van der Waals surface area contributed by atoms with Crippen molar-refractivity contribution in [1.29, 1.82) is 0 Å². The van der Waals surface area contributed by atoms with Gasteiger partial charge in [0.05, 0.1) is 0 Å². The Bertz CT molecular complexity index is 1160. The molecule has 1 fully saturated rings. The van der Waals surface area contributed by atoms with E-state index in [1.54, 1.807) is 12.1 Å². The van der Waals surface area contributed by atoms with Gasteiger partial charge in [-0.15, -0.1) is 10.2 Å². The molecule has 0 spiro atoms. The number of nitrogens with one attached hydrogen (secondary N) is 1. The summed E-state index contributed by atoms with van der Waals surface area (Å²) in [5.41, 5.74) is 2.73. The first-order valence-corrected chi connectivity index (χ1v) is 11.4. The van der Waals surface area contributed by atoms with Gasteiger partial charge >= 0.3 is 18.1 Å². The van der Waals surface area contributed by atoms with Gasteiger partial charge in [0.2, 0.25) is 5.69 Å². The number of esters is 2. The molecule has 1 unspecified atom stereocenters. The van der Waals surface area contributed by atoms with Crippen LogP contribution in [0.4, 0.5) is 18.9 Å². The molecule has 1 aliphatic heterocycles. The minimum absolute atomic E-state index is 0.00673. The van der Waals surface area contributed by atoms with Gasteiger partial charge in [0.15, 0.2) is 5.03 Å². The molecule has 178 valence electrons. The first-order valence-electron chi connectivity index (χ1n) is 10.6. The van der Waals surface area contributed by atoms with E-state index in [2.05, 4.69) is 56.2 Å². The molecule has 2 aromatic carbocycles. The molecule has 0 bridgehead atoms. The number of rotatable bonds is 5. The van der Waals surface area contributed by atoms with E-state index in [0.717, 1.165) is 29.4 Å². The number of halogens is 3. The first kappa shape index (κ1) is 23.8. The molecule has 34 heavy (non-hydrogen) atoms. The van der Waals surface area contributed by atoms with Crippen molar-refractivity contribution in [1.82, 2.24) is 15.4 Å². The van der Waals surface area contributed by atoms with E-state index in [9.17, 15) is 22.8 Å². The number of carbonyl (C=O) groups is 2. The number of piperidine rings is 1. The monoisotopic (exact) mass is 490 g/mol. The summed E-state index contributed by atoms with van der Waals surface area (Å²) in [5.74, 6) is -4.14. The fraction of sp³-hybridized carbons (Fsp3) is 0.304. The van der Waals surface area contributed by atoms with Crippen molar-refractivity contribution in [2.24, 2.45) is 0 Å². The summed E-state index contributed by atoms with van der Waals surface area (Å²) in [7, 11) is 0. The molecule has 0 saturated carbocycles. The van der Waals surface area contributed by atoms with E-state index < -0.39 is 23.8 Å². The third-order valence-electron chi connectivity index (χ3n) is 5.53. The van der Waals surface area contributed by atoms with Crippen molar-refractivity contribution in [3.63, 3.8) is 0 Å². The van der Waals surface area contributed by atoms with Crippen LogP contribution >= 0.6 is 11.8 Å². The van der Waals surface area contributed by atoms with E-state index in [-0.39, 0.29) is 5.03 Å². The summed E-state index contributed by atoms with van der Waals surface area (Å²) in [4.78, 5) is 25.9. The van der Waals surface area contributed by atoms with Gasteiger partial charge in [-0.2, -0.15) is 18.4 Å². The Morgan fingerprint density at radius 3 is 2.29 bits per heavy atom. The van der Waals surface area contributed by atoms with Crippen LogP contribution in [0.1, 0.15) is 36.7 Å². The topological polar surface area (TPSA) is 88.2 Å². The normalized spacial score (nSPS) is 16.4. The minimum Gasteiger partial charge on any atom is -0.381 e. The second kappa shape index (κ2) is 9.88. The lowest BCUT2D eigenvalue weighted by atomic mass is 10.0. The predicted octanol–water partition coefficient (Wildman–Crippen LogP) is 5.25. The zero-order valence-electron chi connectivity index (χ0n) is 18.1. The summed E-state index contributed by atoms with van der Waals surface area (Å²) < 4.78 is 40.8.